The van der Waals surface area contributed by atoms with Crippen LogP contribution in [0.2, 0.25) is 0 Å². The molecule has 2 N–H and O–H groups in total. The van der Waals surface area contributed by atoms with Crippen LogP contribution in [0.25, 0.3) is 0 Å². The Morgan fingerprint density at radius 1 is 1.33 bits per heavy atom. The topological polar surface area (TPSA) is 49.3 Å². The van der Waals surface area contributed by atoms with E-state index in [2.05, 4.69) is 5.32 Å². The fourth-order valence-electron chi connectivity index (χ4n) is 2.29. The maximum atomic E-state index is 10.6. The summed E-state index contributed by atoms with van der Waals surface area (Å²) < 4.78 is 0. The summed E-state index contributed by atoms with van der Waals surface area (Å²) in [6.07, 6.45) is 3.28. The number of rotatable bonds is 2. The molecule has 1 saturated heterocycles. The minimum absolute atomic E-state index is 0.00639. The molecule has 3 heteroatoms. The molecule has 0 aromatic carbocycles. The molecule has 1 aliphatic heterocycles. The lowest BCUT2D eigenvalue weighted by atomic mass is 9.92. The van der Waals surface area contributed by atoms with Gasteiger partial charge in [0.2, 0.25) is 0 Å². The van der Waals surface area contributed by atoms with Crippen molar-refractivity contribution in [3.05, 3.63) is 0 Å². The summed E-state index contributed by atoms with van der Waals surface area (Å²) in [6, 6.07) is 0. The minimum Gasteiger partial charge on any atom is -0.481 e. The third-order valence-corrected chi connectivity index (χ3v) is 3.15. The third-order valence-electron chi connectivity index (χ3n) is 3.15. The number of hydrogen-bond acceptors (Lipinski definition) is 2. The van der Waals surface area contributed by atoms with Crippen molar-refractivity contribution in [2.24, 2.45) is 17.8 Å². The van der Waals surface area contributed by atoms with Crippen LogP contribution in [-0.4, -0.2) is 24.2 Å². The molecule has 0 amide bonds. The Morgan fingerprint density at radius 2 is 2.00 bits per heavy atom. The second-order valence-corrected chi connectivity index (χ2v) is 3.93. The highest BCUT2D eigenvalue weighted by atomic mass is 16.4. The first-order chi connectivity index (χ1) is 5.79. The summed E-state index contributed by atoms with van der Waals surface area (Å²) in [7, 11) is 0. The molecule has 0 bridgehead atoms. The van der Waals surface area contributed by atoms with Crippen LogP contribution < -0.4 is 5.32 Å². The third kappa shape index (κ3) is 1.46. The van der Waals surface area contributed by atoms with E-state index in [9.17, 15) is 4.79 Å². The highest BCUT2D eigenvalue weighted by molar-refractivity contribution is 5.73. The van der Waals surface area contributed by atoms with Crippen LogP contribution in [-0.2, 0) is 4.79 Å². The van der Waals surface area contributed by atoms with Crippen molar-refractivity contribution in [1.29, 1.82) is 0 Å². The first-order valence-corrected chi connectivity index (χ1v) is 4.72. The summed E-state index contributed by atoms with van der Waals surface area (Å²) in [6.45, 7) is 2.15. The number of carbonyl (C=O) groups is 1. The number of aliphatic carboxylic acids is 1. The molecular formula is C9H15NO2. The van der Waals surface area contributed by atoms with Gasteiger partial charge in [0.05, 0.1) is 5.92 Å². The van der Waals surface area contributed by atoms with E-state index in [1.54, 1.807) is 0 Å². The van der Waals surface area contributed by atoms with Gasteiger partial charge in [-0.3, -0.25) is 4.79 Å². The van der Waals surface area contributed by atoms with Gasteiger partial charge in [-0.2, -0.15) is 0 Å². The molecule has 0 radical (unpaired) electrons. The van der Waals surface area contributed by atoms with Gasteiger partial charge in [0, 0.05) is 0 Å². The Kier molecular flexibility index (Phi) is 2.05. The average molecular weight is 169 g/mol. The quantitative estimate of drug-likeness (QED) is 0.640. The average Bonchev–Trinajstić information content (AvgIpc) is 2.84. The summed E-state index contributed by atoms with van der Waals surface area (Å²) in [5.74, 6) is 0.601. The molecule has 12 heavy (non-hydrogen) atoms. The van der Waals surface area contributed by atoms with Crippen molar-refractivity contribution in [3.63, 3.8) is 0 Å². The van der Waals surface area contributed by atoms with Gasteiger partial charge in [-0.1, -0.05) is 0 Å². The SMILES string of the molecule is O=C(O)[C@H]1CC1C1CCNCC1. The predicted octanol–water partition coefficient (Wildman–Crippen LogP) is 0.707. The fraction of sp³-hybridized carbons (Fsp3) is 0.889. The maximum absolute atomic E-state index is 10.6. The lowest BCUT2D eigenvalue weighted by molar-refractivity contribution is -0.139. The molecule has 2 rings (SSSR count). The van der Waals surface area contributed by atoms with Gasteiger partial charge in [-0.15, -0.1) is 0 Å². The van der Waals surface area contributed by atoms with Gasteiger partial charge in [0.15, 0.2) is 0 Å². The van der Waals surface area contributed by atoms with E-state index < -0.39 is 5.97 Å². The summed E-state index contributed by atoms with van der Waals surface area (Å²) in [4.78, 5) is 10.6. The van der Waals surface area contributed by atoms with Crippen molar-refractivity contribution in [2.75, 3.05) is 13.1 Å². The molecule has 0 spiro atoms. The van der Waals surface area contributed by atoms with Gasteiger partial charge < -0.3 is 10.4 Å². The molecule has 0 aromatic heterocycles. The Bertz CT molecular complexity index is 187. The molecule has 2 fully saturated rings. The van der Waals surface area contributed by atoms with E-state index in [1.165, 1.54) is 12.8 Å². The van der Waals surface area contributed by atoms with Crippen molar-refractivity contribution >= 4 is 5.97 Å². The van der Waals surface area contributed by atoms with Gasteiger partial charge in [-0.25, -0.2) is 0 Å². The normalized spacial score (nSPS) is 36.3. The van der Waals surface area contributed by atoms with Crippen molar-refractivity contribution < 1.29 is 9.90 Å². The van der Waals surface area contributed by atoms with Crippen LogP contribution in [0.1, 0.15) is 19.3 Å². The Balaban J connectivity index is 1.83. The zero-order chi connectivity index (χ0) is 8.55. The van der Waals surface area contributed by atoms with E-state index in [1.807, 2.05) is 0 Å². The second kappa shape index (κ2) is 3.05. The number of piperidine rings is 1. The van der Waals surface area contributed by atoms with Crippen molar-refractivity contribution in [2.45, 2.75) is 19.3 Å². The van der Waals surface area contributed by atoms with E-state index >= 15 is 0 Å². The number of nitrogens with one attached hydrogen (secondary N) is 1. The van der Waals surface area contributed by atoms with Gasteiger partial charge in [0.25, 0.3) is 0 Å². The first-order valence-electron chi connectivity index (χ1n) is 4.72. The molecule has 68 valence electrons. The van der Waals surface area contributed by atoms with Crippen LogP contribution in [0, 0.1) is 17.8 Å². The summed E-state index contributed by atoms with van der Waals surface area (Å²) in [5.41, 5.74) is 0. The summed E-state index contributed by atoms with van der Waals surface area (Å²) >= 11 is 0. The van der Waals surface area contributed by atoms with Crippen molar-refractivity contribution in [3.8, 4) is 0 Å². The smallest absolute Gasteiger partial charge is 0.306 e. The van der Waals surface area contributed by atoms with Crippen LogP contribution in [0.15, 0.2) is 0 Å². The molecule has 1 heterocycles. The lowest BCUT2D eigenvalue weighted by Crippen LogP contribution is -2.29. The largest absolute Gasteiger partial charge is 0.481 e. The molecule has 2 aliphatic rings. The van der Waals surface area contributed by atoms with Crippen LogP contribution in [0.3, 0.4) is 0 Å². The molecule has 1 unspecified atom stereocenters. The zero-order valence-corrected chi connectivity index (χ0v) is 7.12. The highest BCUT2D eigenvalue weighted by Gasteiger charge is 2.47. The second-order valence-electron chi connectivity index (χ2n) is 3.93. The van der Waals surface area contributed by atoms with E-state index in [0.717, 1.165) is 19.5 Å². The minimum atomic E-state index is -0.585. The zero-order valence-electron chi connectivity index (χ0n) is 7.12. The van der Waals surface area contributed by atoms with E-state index in [0.29, 0.717) is 11.8 Å². The lowest BCUT2D eigenvalue weighted by Gasteiger charge is -2.22. The maximum Gasteiger partial charge on any atom is 0.306 e. The Hall–Kier alpha value is -0.570. The van der Waals surface area contributed by atoms with Gasteiger partial charge >= 0.3 is 5.97 Å². The number of carboxylic acid groups (broad SMARTS) is 1. The van der Waals surface area contributed by atoms with Crippen LogP contribution in [0.4, 0.5) is 0 Å². The Labute approximate surface area is 72.2 Å². The predicted molar refractivity (Wildman–Crippen MR) is 44.8 cm³/mol. The number of carboxylic acids is 1. The van der Waals surface area contributed by atoms with Gasteiger partial charge in [-0.05, 0) is 44.2 Å². The van der Waals surface area contributed by atoms with Crippen molar-refractivity contribution in [1.82, 2.24) is 5.32 Å². The molecule has 2 atom stereocenters. The number of hydrogen-bond donors (Lipinski definition) is 2. The standard InChI is InChI=1S/C9H15NO2/c11-9(12)8-5-7(8)6-1-3-10-4-2-6/h6-8,10H,1-5H2,(H,11,12)/t7?,8-/m0/s1. The van der Waals surface area contributed by atoms with Crippen LogP contribution in [0.5, 0.6) is 0 Å². The molecule has 1 aliphatic carbocycles. The fourth-order valence-corrected chi connectivity index (χ4v) is 2.29. The van der Waals surface area contributed by atoms with Gasteiger partial charge in [0.1, 0.15) is 0 Å². The molecule has 1 saturated carbocycles. The first kappa shape index (κ1) is 8.05. The highest BCUT2D eigenvalue weighted by Crippen LogP contribution is 2.47. The molecule has 3 nitrogen and oxygen atoms in total. The molecule has 0 aromatic rings. The monoisotopic (exact) mass is 169 g/mol. The molecular weight excluding hydrogens is 154 g/mol. The van der Waals surface area contributed by atoms with E-state index in [4.69, 9.17) is 5.11 Å². The summed E-state index contributed by atoms with van der Waals surface area (Å²) in [5, 5.41) is 12.0. The van der Waals surface area contributed by atoms with E-state index in [-0.39, 0.29) is 5.92 Å². The Morgan fingerprint density at radius 3 is 2.50 bits per heavy atom. The van der Waals surface area contributed by atoms with Crippen LogP contribution >= 0.6 is 0 Å².